The molecule has 2 N–H and O–H groups in total. The normalized spacial score (nSPS) is 11.8. The van der Waals surface area contributed by atoms with E-state index < -0.39 is 0 Å². The van der Waals surface area contributed by atoms with Gasteiger partial charge in [0.05, 0.1) is 0 Å². The number of carbonyl (C=O) groups excluding carboxylic acids is 1. The maximum Gasteiger partial charge on any atom is 0.246 e. The maximum absolute atomic E-state index is 11.1. The molecule has 4 heteroatoms. The van der Waals surface area contributed by atoms with Gasteiger partial charge in [-0.1, -0.05) is 24.8 Å². The molecule has 0 aliphatic heterocycles. The first-order valence-corrected chi connectivity index (χ1v) is 5.55. The lowest BCUT2D eigenvalue weighted by molar-refractivity contribution is -0.124. The Bertz CT molecular complexity index is 307. The van der Waals surface area contributed by atoms with Crippen LogP contribution in [0.5, 0.6) is 0 Å². The van der Waals surface area contributed by atoms with Crippen LogP contribution in [0.1, 0.15) is 6.92 Å². The molecule has 0 saturated heterocycles. The number of allylic oxidation sites excluding steroid dienone is 1. The Labute approximate surface area is 103 Å². The van der Waals surface area contributed by atoms with E-state index in [4.69, 9.17) is 4.74 Å². The first kappa shape index (κ1) is 15.6. The summed E-state index contributed by atoms with van der Waals surface area (Å²) in [6.07, 6.45) is 5.92. The van der Waals surface area contributed by atoms with E-state index in [1.165, 1.54) is 12.7 Å². The summed E-state index contributed by atoms with van der Waals surface area (Å²) in [5, 5.41) is 5.78. The lowest BCUT2D eigenvalue weighted by Gasteiger charge is -2.04. The van der Waals surface area contributed by atoms with Crippen LogP contribution in [0.3, 0.4) is 0 Å². The molecular formula is C13H22N2O2. The van der Waals surface area contributed by atoms with Crippen molar-refractivity contribution in [2.75, 3.05) is 33.9 Å². The van der Waals surface area contributed by atoms with E-state index in [1.807, 2.05) is 32.2 Å². The third-order valence-corrected chi connectivity index (χ3v) is 2.07. The third-order valence-electron chi connectivity index (χ3n) is 2.07. The number of amides is 1. The van der Waals surface area contributed by atoms with Gasteiger partial charge in [0.2, 0.25) is 5.91 Å². The summed E-state index contributed by atoms with van der Waals surface area (Å²) in [6.45, 7) is 7.19. The number of rotatable bonds is 8. The van der Waals surface area contributed by atoms with Crippen LogP contribution < -0.4 is 10.6 Å². The standard InChI is InChI=1S/C13H22N2O2/c1-5-12(9-14-3)7-6-11(2)8-15-13(16)10-17-4/h5-7,14H,2,8-10H2,1,3-4H3,(H,15,16)/b7-6-,12-5+. The number of hydrogen-bond donors (Lipinski definition) is 2. The molecular weight excluding hydrogens is 216 g/mol. The number of nitrogens with one attached hydrogen (secondary N) is 2. The Kier molecular flexibility index (Phi) is 9.01. The second-order valence-corrected chi connectivity index (χ2v) is 3.60. The first-order chi connectivity index (χ1) is 8.13. The molecule has 0 radical (unpaired) electrons. The zero-order valence-corrected chi connectivity index (χ0v) is 10.9. The van der Waals surface area contributed by atoms with Gasteiger partial charge in [0.1, 0.15) is 6.61 Å². The van der Waals surface area contributed by atoms with Crippen molar-refractivity contribution >= 4 is 5.91 Å². The second kappa shape index (κ2) is 9.81. The number of carbonyl (C=O) groups is 1. The van der Waals surface area contributed by atoms with E-state index >= 15 is 0 Å². The van der Waals surface area contributed by atoms with Gasteiger partial charge in [-0.2, -0.15) is 0 Å². The number of likely N-dealkylation sites (N-methyl/N-ethyl adjacent to an activating group) is 1. The number of hydrogen-bond acceptors (Lipinski definition) is 3. The summed E-state index contributed by atoms with van der Waals surface area (Å²) in [4.78, 5) is 11.1. The Morgan fingerprint density at radius 3 is 2.59 bits per heavy atom. The van der Waals surface area contributed by atoms with Crippen molar-refractivity contribution in [2.24, 2.45) is 0 Å². The molecule has 0 atom stereocenters. The molecule has 0 heterocycles. The van der Waals surface area contributed by atoms with Crippen molar-refractivity contribution in [3.63, 3.8) is 0 Å². The van der Waals surface area contributed by atoms with Gasteiger partial charge < -0.3 is 15.4 Å². The SMILES string of the molecule is C=C(/C=C\C(=C/C)CNC)CNC(=O)COC. The molecule has 1 amide bonds. The van der Waals surface area contributed by atoms with Gasteiger partial charge in [0.15, 0.2) is 0 Å². The van der Waals surface area contributed by atoms with Crippen LogP contribution in [0.4, 0.5) is 0 Å². The lowest BCUT2D eigenvalue weighted by Crippen LogP contribution is -2.28. The van der Waals surface area contributed by atoms with Crippen molar-refractivity contribution < 1.29 is 9.53 Å². The van der Waals surface area contributed by atoms with E-state index in [2.05, 4.69) is 17.2 Å². The molecule has 0 bridgehead atoms. The fraction of sp³-hybridized carbons (Fsp3) is 0.462. The quantitative estimate of drug-likeness (QED) is 0.621. The molecule has 0 aromatic heterocycles. The van der Waals surface area contributed by atoms with Crippen molar-refractivity contribution in [3.8, 4) is 0 Å². The fourth-order valence-electron chi connectivity index (χ4n) is 1.14. The highest BCUT2D eigenvalue weighted by Gasteiger charge is 1.98. The van der Waals surface area contributed by atoms with Gasteiger partial charge >= 0.3 is 0 Å². The van der Waals surface area contributed by atoms with Crippen molar-refractivity contribution in [3.05, 3.63) is 36.0 Å². The smallest absolute Gasteiger partial charge is 0.246 e. The van der Waals surface area contributed by atoms with E-state index in [-0.39, 0.29) is 12.5 Å². The highest BCUT2D eigenvalue weighted by atomic mass is 16.5. The van der Waals surface area contributed by atoms with E-state index in [1.54, 1.807) is 0 Å². The first-order valence-electron chi connectivity index (χ1n) is 5.55. The molecule has 4 nitrogen and oxygen atoms in total. The molecule has 0 aromatic rings. The average Bonchev–Trinajstić information content (AvgIpc) is 2.32. The predicted molar refractivity (Wildman–Crippen MR) is 70.8 cm³/mol. The molecule has 0 fully saturated rings. The van der Waals surface area contributed by atoms with Gasteiger partial charge in [-0.15, -0.1) is 0 Å². The van der Waals surface area contributed by atoms with Gasteiger partial charge in [-0.25, -0.2) is 0 Å². The molecule has 0 aliphatic carbocycles. The third kappa shape index (κ3) is 8.42. The molecule has 0 rings (SSSR count). The van der Waals surface area contributed by atoms with Crippen LogP contribution in [0.2, 0.25) is 0 Å². The molecule has 0 saturated carbocycles. The minimum Gasteiger partial charge on any atom is -0.375 e. The summed E-state index contributed by atoms with van der Waals surface area (Å²) < 4.78 is 4.71. The molecule has 0 unspecified atom stereocenters. The van der Waals surface area contributed by atoms with Crippen LogP contribution in [0, 0.1) is 0 Å². The van der Waals surface area contributed by atoms with Crippen LogP contribution in [-0.2, 0) is 9.53 Å². The average molecular weight is 238 g/mol. The van der Waals surface area contributed by atoms with Gasteiger partial charge in [-0.05, 0) is 25.1 Å². The molecule has 0 spiro atoms. The lowest BCUT2D eigenvalue weighted by atomic mass is 10.2. The van der Waals surface area contributed by atoms with E-state index in [9.17, 15) is 4.79 Å². The van der Waals surface area contributed by atoms with Gasteiger partial charge in [0.25, 0.3) is 0 Å². The van der Waals surface area contributed by atoms with Gasteiger partial charge in [-0.3, -0.25) is 4.79 Å². The van der Waals surface area contributed by atoms with Crippen LogP contribution in [0.15, 0.2) is 36.0 Å². The largest absolute Gasteiger partial charge is 0.375 e. The minimum absolute atomic E-state index is 0.0802. The summed E-state index contributed by atoms with van der Waals surface area (Å²) >= 11 is 0. The summed E-state index contributed by atoms with van der Waals surface area (Å²) in [6, 6.07) is 0. The van der Waals surface area contributed by atoms with Crippen LogP contribution in [0.25, 0.3) is 0 Å². The van der Waals surface area contributed by atoms with E-state index in [0.717, 1.165) is 12.1 Å². The topological polar surface area (TPSA) is 50.4 Å². The zero-order chi connectivity index (χ0) is 13.1. The van der Waals surface area contributed by atoms with Gasteiger partial charge in [0, 0.05) is 20.2 Å². The van der Waals surface area contributed by atoms with Crippen molar-refractivity contribution in [2.45, 2.75) is 6.92 Å². The second-order valence-electron chi connectivity index (χ2n) is 3.60. The highest BCUT2D eigenvalue weighted by molar-refractivity contribution is 5.77. The highest BCUT2D eigenvalue weighted by Crippen LogP contribution is 1.99. The molecule has 17 heavy (non-hydrogen) atoms. The Balaban J connectivity index is 4.00. The van der Waals surface area contributed by atoms with Crippen LogP contribution in [-0.4, -0.2) is 39.8 Å². The summed E-state index contributed by atoms with van der Waals surface area (Å²) in [5.74, 6) is -0.136. The van der Waals surface area contributed by atoms with Crippen molar-refractivity contribution in [1.29, 1.82) is 0 Å². The summed E-state index contributed by atoms with van der Waals surface area (Å²) in [7, 11) is 3.39. The zero-order valence-electron chi connectivity index (χ0n) is 10.9. The Hall–Kier alpha value is -1.39. The number of methoxy groups -OCH3 is 1. The molecule has 96 valence electrons. The molecule has 0 aliphatic rings. The summed E-state index contributed by atoms with van der Waals surface area (Å²) in [5.41, 5.74) is 2.03. The van der Waals surface area contributed by atoms with Crippen LogP contribution >= 0.6 is 0 Å². The Morgan fingerprint density at radius 1 is 1.35 bits per heavy atom. The number of ether oxygens (including phenoxy) is 1. The fourth-order valence-corrected chi connectivity index (χ4v) is 1.14. The van der Waals surface area contributed by atoms with Crippen molar-refractivity contribution in [1.82, 2.24) is 10.6 Å². The molecule has 0 aromatic carbocycles. The monoisotopic (exact) mass is 238 g/mol. The Morgan fingerprint density at radius 2 is 2.06 bits per heavy atom. The minimum atomic E-state index is -0.136. The predicted octanol–water partition coefficient (Wildman–Crippen LogP) is 1.03. The van der Waals surface area contributed by atoms with E-state index in [0.29, 0.717) is 6.54 Å². The maximum atomic E-state index is 11.1.